The van der Waals surface area contributed by atoms with Crippen molar-refractivity contribution in [2.45, 2.75) is 25.8 Å². The van der Waals surface area contributed by atoms with Gasteiger partial charge in [0.15, 0.2) is 6.10 Å². The summed E-state index contributed by atoms with van der Waals surface area (Å²) in [5.41, 5.74) is -0.106. The third-order valence-electron chi connectivity index (χ3n) is 5.12. The first-order valence-corrected chi connectivity index (χ1v) is 10.6. The molecule has 1 aromatic heterocycles. The molecule has 1 heterocycles. The van der Waals surface area contributed by atoms with Crippen LogP contribution in [0.15, 0.2) is 83.3 Å². The van der Waals surface area contributed by atoms with Crippen LogP contribution in [-0.2, 0) is 22.3 Å². The van der Waals surface area contributed by atoms with Crippen molar-refractivity contribution in [3.05, 3.63) is 95.7 Å². The van der Waals surface area contributed by atoms with Gasteiger partial charge in [-0.3, -0.25) is 4.79 Å². The van der Waals surface area contributed by atoms with Crippen molar-refractivity contribution >= 4 is 28.5 Å². The predicted octanol–water partition coefficient (Wildman–Crippen LogP) is 6.21. The smallest absolute Gasteiger partial charge is 0.416 e. The second-order valence-electron chi connectivity index (χ2n) is 7.62. The van der Waals surface area contributed by atoms with E-state index in [2.05, 4.69) is 5.32 Å². The Bertz CT molecular complexity index is 1350. The van der Waals surface area contributed by atoms with E-state index in [1.54, 1.807) is 36.4 Å². The Balaban J connectivity index is 1.49. The molecule has 0 saturated heterocycles. The van der Waals surface area contributed by atoms with Crippen LogP contribution in [0.5, 0.6) is 5.75 Å². The van der Waals surface area contributed by atoms with Gasteiger partial charge in [-0.05, 0) is 43.3 Å². The lowest BCUT2D eigenvalue weighted by Gasteiger charge is -2.14. The summed E-state index contributed by atoms with van der Waals surface area (Å²) in [7, 11) is 0. The summed E-state index contributed by atoms with van der Waals surface area (Å²) in [4.78, 5) is 25.4. The van der Waals surface area contributed by atoms with Gasteiger partial charge in [-0.1, -0.05) is 42.5 Å². The summed E-state index contributed by atoms with van der Waals surface area (Å²) in [6.45, 7) is 1.32. The minimum Gasteiger partial charge on any atom is -0.489 e. The quantitative estimate of drug-likeness (QED) is 0.316. The summed E-state index contributed by atoms with van der Waals surface area (Å²) in [6, 6.07) is 20.1. The third kappa shape index (κ3) is 5.63. The Labute approximate surface area is 198 Å². The zero-order chi connectivity index (χ0) is 25.0. The van der Waals surface area contributed by atoms with E-state index in [4.69, 9.17) is 13.9 Å². The minimum absolute atomic E-state index is 0.0102. The molecule has 0 aliphatic carbocycles. The first kappa shape index (κ1) is 23.9. The molecule has 0 aliphatic heterocycles. The standard InChI is InChI=1S/C26H20F3NO5/c1-16(24(31)30-18-9-7-8-17(14-18)26(27,28)29)34-25(32)23-21(15-33-19-10-3-2-4-11-19)20-12-5-6-13-22(20)35-23/h2-14,16H,15H2,1H3,(H,30,31)/t16-/m1/s1. The molecule has 1 amide bonds. The van der Waals surface area contributed by atoms with Gasteiger partial charge >= 0.3 is 12.1 Å². The van der Waals surface area contributed by atoms with Crippen LogP contribution in [0.3, 0.4) is 0 Å². The van der Waals surface area contributed by atoms with Crippen LogP contribution in [-0.4, -0.2) is 18.0 Å². The van der Waals surface area contributed by atoms with E-state index in [-0.39, 0.29) is 18.1 Å². The number of halogens is 3. The highest BCUT2D eigenvalue weighted by molar-refractivity contribution is 5.99. The van der Waals surface area contributed by atoms with Crippen LogP contribution < -0.4 is 10.1 Å². The van der Waals surface area contributed by atoms with Gasteiger partial charge in [-0.2, -0.15) is 13.2 Å². The van der Waals surface area contributed by atoms with Crippen molar-refractivity contribution in [1.82, 2.24) is 0 Å². The van der Waals surface area contributed by atoms with Crippen LogP contribution in [0.25, 0.3) is 11.0 Å². The molecule has 9 heteroatoms. The number of esters is 1. The van der Waals surface area contributed by atoms with Crippen molar-refractivity contribution in [1.29, 1.82) is 0 Å². The van der Waals surface area contributed by atoms with E-state index in [1.165, 1.54) is 19.1 Å². The van der Waals surface area contributed by atoms with Gasteiger partial charge in [0.05, 0.1) is 11.1 Å². The normalized spacial score (nSPS) is 12.2. The lowest BCUT2D eigenvalue weighted by atomic mass is 10.1. The zero-order valence-corrected chi connectivity index (χ0v) is 18.5. The number of carbonyl (C=O) groups is 2. The number of hydrogen-bond acceptors (Lipinski definition) is 5. The van der Waals surface area contributed by atoms with Crippen molar-refractivity contribution < 1.29 is 36.7 Å². The zero-order valence-electron chi connectivity index (χ0n) is 18.5. The molecule has 4 rings (SSSR count). The maximum absolute atomic E-state index is 12.9. The molecule has 0 bridgehead atoms. The van der Waals surface area contributed by atoms with Crippen LogP contribution in [0.4, 0.5) is 18.9 Å². The number of fused-ring (bicyclic) bond motifs is 1. The summed E-state index contributed by atoms with van der Waals surface area (Å²) < 4.78 is 55.5. The number of benzene rings is 3. The number of alkyl halides is 3. The fourth-order valence-corrected chi connectivity index (χ4v) is 3.36. The molecule has 1 N–H and O–H groups in total. The maximum Gasteiger partial charge on any atom is 0.416 e. The molecule has 0 radical (unpaired) electrons. The molecule has 180 valence electrons. The van der Waals surface area contributed by atoms with E-state index >= 15 is 0 Å². The second kappa shape index (κ2) is 9.92. The molecule has 35 heavy (non-hydrogen) atoms. The molecule has 1 atom stereocenters. The van der Waals surface area contributed by atoms with Gasteiger partial charge in [-0.15, -0.1) is 0 Å². The molecule has 0 unspecified atom stereocenters. The molecule has 0 aliphatic rings. The molecule has 0 saturated carbocycles. The topological polar surface area (TPSA) is 77.8 Å². The van der Waals surface area contributed by atoms with E-state index in [0.29, 0.717) is 22.3 Å². The van der Waals surface area contributed by atoms with Gasteiger partial charge in [0, 0.05) is 11.1 Å². The van der Waals surface area contributed by atoms with Gasteiger partial charge in [0.25, 0.3) is 5.91 Å². The van der Waals surface area contributed by atoms with Crippen LogP contribution in [0.2, 0.25) is 0 Å². The van der Waals surface area contributed by atoms with E-state index in [1.807, 2.05) is 18.2 Å². The highest BCUT2D eigenvalue weighted by atomic mass is 19.4. The Morgan fingerprint density at radius 2 is 1.69 bits per heavy atom. The fraction of sp³-hybridized carbons (Fsp3) is 0.154. The van der Waals surface area contributed by atoms with Gasteiger partial charge < -0.3 is 19.2 Å². The monoisotopic (exact) mass is 483 g/mol. The lowest BCUT2D eigenvalue weighted by Crippen LogP contribution is -2.30. The number of para-hydroxylation sites is 2. The molecule has 4 aromatic rings. The van der Waals surface area contributed by atoms with Gasteiger partial charge in [0.2, 0.25) is 5.76 Å². The van der Waals surface area contributed by atoms with Crippen molar-refractivity contribution in [2.75, 3.05) is 5.32 Å². The SMILES string of the molecule is C[C@@H](OC(=O)c1oc2ccccc2c1COc1ccccc1)C(=O)Nc1cccc(C(F)(F)F)c1. The van der Waals surface area contributed by atoms with Crippen molar-refractivity contribution in [2.24, 2.45) is 0 Å². The number of furan rings is 1. The number of hydrogen-bond donors (Lipinski definition) is 1. The first-order chi connectivity index (χ1) is 16.7. The number of rotatable bonds is 7. The maximum atomic E-state index is 12.9. The lowest BCUT2D eigenvalue weighted by molar-refractivity contribution is -0.137. The summed E-state index contributed by atoms with van der Waals surface area (Å²) in [5, 5.41) is 2.98. The van der Waals surface area contributed by atoms with Crippen molar-refractivity contribution in [3.8, 4) is 5.75 Å². The molecular formula is C26H20F3NO5. The molecule has 6 nitrogen and oxygen atoms in total. The fourth-order valence-electron chi connectivity index (χ4n) is 3.36. The van der Waals surface area contributed by atoms with E-state index < -0.39 is 29.7 Å². The summed E-state index contributed by atoms with van der Waals surface area (Å²) in [6.07, 6.45) is -5.87. The highest BCUT2D eigenvalue weighted by Gasteiger charge is 2.31. The van der Waals surface area contributed by atoms with Crippen molar-refractivity contribution in [3.63, 3.8) is 0 Å². The highest BCUT2D eigenvalue weighted by Crippen LogP contribution is 2.31. The summed E-state index contributed by atoms with van der Waals surface area (Å²) in [5.74, 6) is -1.23. The predicted molar refractivity (Wildman–Crippen MR) is 122 cm³/mol. The first-order valence-electron chi connectivity index (χ1n) is 10.6. The van der Waals surface area contributed by atoms with E-state index in [0.717, 1.165) is 12.1 Å². The summed E-state index contributed by atoms with van der Waals surface area (Å²) >= 11 is 0. The Morgan fingerprint density at radius 3 is 2.43 bits per heavy atom. The number of anilines is 1. The van der Waals surface area contributed by atoms with Crippen LogP contribution >= 0.6 is 0 Å². The number of ether oxygens (including phenoxy) is 2. The third-order valence-corrected chi connectivity index (χ3v) is 5.12. The minimum atomic E-state index is -4.56. The largest absolute Gasteiger partial charge is 0.489 e. The number of nitrogens with one attached hydrogen (secondary N) is 1. The Kier molecular flexibility index (Phi) is 6.77. The van der Waals surface area contributed by atoms with Crippen LogP contribution in [0.1, 0.15) is 28.6 Å². The molecular weight excluding hydrogens is 463 g/mol. The average Bonchev–Trinajstić information content (AvgIpc) is 3.22. The molecule has 3 aromatic carbocycles. The molecule has 0 spiro atoms. The van der Waals surface area contributed by atoms with Gasteiger partial charge in [0.1, 0.15) is 17.9 Å². The number of amides is 1. The van der Waals surface area contributed by atoms with Crippen LogP contribution in [0, 0.1) is 0 Å². The second-order valence-corrected chi connectivity index (χ2v) is 7.62. The molecule has 0 fully saturated rings. The Hall–Kier alpha value is -4.27. The van der Waals surface area contributed by atoms with E-state index in [9.17, 15) is 22.8 Å². The Morgan fingerprint density at radius 1 is 0.971 bits per heavy atom. The number of carbonyl (C=O) groups excluding carboxylic acids is 2. The average molecular weight is 483 g/mol. The van der Waals surface area contributed by atoms with Gasteiger partial charge in [-0.25, -0.2) is 4.79 Å².